The van der Waals surface area contributed by atoms with Gasteiger partial charge in [-0.3, -0.25) is 0 Å². The number of hydrogen-bond donors (Lipinski definition) is 0. The molecule has 0 N–H and O–H groups in total. The van der Waals surface area contributed by atoms with Crippen LogP contribution in [0, 0.1) is 40.9 Å². The lowest BCUT2D eigenvalue weighted by Gasteiger charge is -2.55. The molecular formula is C19H29IO. The predicted octanol–water partition coefficient (Wildman–Crippen LogP) is 6.14. The van der Waals surface area contributed by atoms with Crippen LogP contribution >= 0.6 is 23.0 Å². The molecule has 0 saturated heterocycles. The first kappa shape index (κ1) is 14.8. The minimum Gasteiger partial charge on any atom is -0.432 e. The molecule has 4 rings (SSSR count). The second-order valence-corrected chi connectivity index (χ2v) is 9.13. The van der Waals surface area contributed by atoms with Gasteiger partial charge in [-0.25, -0.2) is 0 Å². The van der Waals surface area contributed by atoms with E-state index in [4.69, 9.17) is 3.07 Å². The van der Waals surface area contributed by atoms with Crippen LogP contribution < -0.4 is 0 Å². The van der Waals surface area contributed by atoms with Crippen LogP contribution in [0.25, 0.3) is 0 Å². The van der Waals surface area contributed by atoms with Crippen LogP contribution in [-0.4, -0.2) is 0 Å². The molecule has 0 aromatic carbocycles. The highest BCUT2D eigenvalue weighted by molar-refractivity contribution is 14.1. The summed E-state index contributed by atoms with van der Waals surface area (Å²) in [7, 11) is 0. The van der Waals surface area contributed by atoms with E-state index in [1.54, 1.807) is 0 Å². The van der Waals surface area contributed by atoms with Crippen molar-refractivity contribution in [1.82, 2.24) is 0 Å². The summed E-state index contributed by atoms with van der Waals surface area (Å²) in [4.78, 5) is 0. The first-order valence-corrected chi connectivity index (χ1v) is 10.0. The van der Waals surface area contributed by atoms with Crippen molar-refractivity contribution in [3.05, 3.63) is 11.8 Å². The molecule has 0 spiro atoms. The zero-order chi connectivity index (χ0) is 14.6. The van der Waals surface area contributed by atoms with Gasteiger partial charge in [0.15, 0.2) is 23.0 Å². The standard InChI is InChI=1S/C19H29IO/c1-12-3-5-14-13(11-12)4-6-16-15(14)9-10-19(2)17(16)7-8-18(19)21-20/h8,12-17H,3-7,9-11H2,1-2H3. The van der Waals surface area contributed by atoms with Gasteiger partial charge in [0.1, 0.15) is 5.76 Å². The van der Waals surface area contributed by atoms with E-state index in [1.165, 1.54) is 57.1 Å². The zero-order valence-corrected chi connectivity index (χ0v) is 15.6. The van der Waals surface area contributed by atoms with Crippen LogP contribution in [0.15, 0.2) is 11.8 Å². The minimum atomic E-state index is 0.358. The molecule has 4 aliphatic carbocycles. The van der Waals surface area contributed by atoms with Crippen molar-refractivity contribution in [2.24, 2.45) is 40.9 Å². The summed E-state index contributed by atoms with van der Waals surface area (Å²) in [6.07, 6.45) is 14.1. The van der Waals surface area contributed by atoms with E-state index < -0.39 is 0 Å². The largest absolute Gasteiger partial charge is 0.432 e. The molecule has 7 atom stereocenters. The van der Waals surface area contributed by atoms with Crippen molar-refractivity contribution in [2.45, 2.75) is 65.2 Å². The first-order valence-electron chi connectivity index (χ1n) is 9.12. The maximum Gasteiger partial charge on any atom is 0.192 e. The van der Waals surface area contributed by atoms with Gasteiger partial charge in [-0.1, -0.05) is 20.3 Å². The van der Waals surface area contributed by atoms with Crippen LogP contribution in [0.3, 0.4) is 0 Å². The molecule has 1 nitrogen and oxygen atoms in total. The van der Waals surface area contributed by atoms with E-state index in [-0.39, 0.29) is 0 Å². The van der Waals surface area contributed by atoms with Crippen LogP contribution in [-0.2, 0) is 3.07 Å². The molecule has 3 saturated carbocycles. The Morgan fingerprint density at radius 3 is 2.71 bits per heavy atom. The average Bonchev–Trinajstić information content (AvgIpc) is 2.83. The zero-order valence-electron chi connectivity index (χ0n) is 13.5. The summed E-state index contributed by atoms with van der Waals surface area (Å²) in [5.41, 5.74) is 0.358. The van der Waals surface area contributed by atoms with Crippen molar-refractivity contribution in [2.75, 3.05) is 0 Å². The lowest BCUT2D eigenvalue weighted by atomic mass is 9.50. The van der Waals surface area contributed by atoms with Crippen molar-refractivity contribution in [3.8, 4) is 0 Å². The van der Waals surface area contributed by atoms with E-state index in [0.29, 0.717) is 5.41 Å². The van der Waals surface area contributed by atoms with E-state index in [1.807, 2.05) is 0 Å². The van der Waals surface area contributed by atoms with Gasteiger partial charge in [0, 0.05) is 5.41 Å². The topological polar surface area (TPSA) is 9.23 Å². The number of allylic oxidation sites excluding steroid dienone is 2. The van der Waals surface area contributed by atoms with Crippen LogP contribution in [0.2, 0.25) is 0 Å². The van der Waals surface area contributed by atoms with Crippen LogP contribution in [0.5, 0.6) is 0 Å². The fourth-order valence-corrected chi connectivity index (χ4v) is 7.42. The Morgan fingerprint density at radius 1 is 1.10 bits per heavy atom. The number of hydrogen-bond acceptors (Lipinski definition) is 1. The number of fused-ring (bicyclic) bond motifs is 5. The molecule has 0 heterocycles. The highest BCUT2D eigenvalue weighted by Crippen LogP contribution is 2.63. The monoisotopic (exact) mass is 400 g/mol. The second kappa shape index (κ2) is 5.42. The summed E-state index contributed by atoms with van der Waals surface area (Å²) >= 11 is 2.10. The SMILES string of the molecule is CC1CCC2C(CCC3C2CCC2(C)C(OI)=CCC32)C1. The molecule has 0 aromatic rings. The molecule has 3 fully saturated rings. The normalized spacial score (nSPS) is 52.4. The van der Waals surface area contributed by atoms with E-state index in [2.05, 4.69) is 42.9 Å². The quantitative estimate of drug-likeness (QED) is 0.481. The Hall–Kier alpha value is 0.270. The van der Waals surface area contributed by atoms with Gasteiger partial charge in [0.05, 0.1) is 0 Å². The van der Waals surface area contributed by atoms with Gasteiger partial charge < -0.3 is 3.07 Å². The number of rotatable bonds is 1. The Bertz CT molecular complexity index is 445. The molecule has 118 valence electrons. The fourth-order valence-electron chi connectivity index (χ4n) is 6.74. The smallest absolute Gasteiger partial charge is 0.192 e. The molecule has 7 unspecified atom stereocenters. The van der Waals surface area contributed by atoms with Crippen molar-refractivity contribution < 1.29 is 3.07 Å². The Kier molecular flexibility index (Phi) is 3.83. The van der Waals surface area contributed by atoms with Gasteiger partial charge in [0.2, 0.25) is 0 Å². The van der Waals surface area contributed by atoms with Gasteiger partial charge in [-0.2, -0.15) is 0 Å². The second-order valence-electron chi connectivity index (χ2n) is 8.69. The summed E-state index contributed by atoms with van der Waals surface area (Å²) in [5, 5.41) is 0. The number of halogens is 1. The maximum absolute atomic E-state index is 5.72. The first-order chi connectivity index (χ1) is 10.1. The Labute approximate surface area is 144 Å². The van der Waals surface area contributed by atoms with Gasteiger partial charge in [-0.05, 0) is 86.5 Å². The Morgan fingerprint density at radius 2 is 1.90 bits per heavy atom. The molecular weight excluding hydrogens is 371 g/mol. The molecule has 2 heteroatoms. The molecule has 0 radical (unpaired) electrons. The van der Waals surface area contributed by atoms with E-state index in [9.17, 15) is 0 Å². The van der Waals surface area contributed by atoms with Crippen molar-refractivity contribution in [3.63, 3.8) is 0 Å². The lowest BCUT2D eigenvalue weighted by molar-refractivity contribution is -0.0547. The van der Waals surface area contributed by atoms with E-state index >= 15 is 0 Å². The van der Waals surface area contributed by atoms with Crippen LogP contribution in [0.4, 0.5) is 0 Å². The summed E-state index contributed by atoms with van der Waals surface area (Å²) < 4.78 is 5.72. The maximum atomic E-state index is 5.72. The molecule has 21 heavy (non-hydrogen) atoms. The third-order valence-electron chi connectivity index (χ3n) is 7.81. The summed E-state index contributed by atoms with van der Waals surface area (Å²) in [5.74, 6) is 7.31. The fraction of sp³-hybridized carbons (Fsp3) is 0.895. The Balaban J connectivity index is 1.56. The highest BCUT2D eigenvalue weighted by atomic mass is 127. The third-order valence-corrected chi connectivity index (χ3v) is 8.28. The molecule has 4 aliphatic rings. The summed E-state index contributed by atoms with van der Waals surface area (Å²) in [6, 6.07) is 0. The van der Waals surface area contributed by atoms with Gasteiger partial charge in [0.25, 0.3) is 0 Å². The lowest BCUT2D eigenvalue weighted by Crippen LogP contribution is -2.48. The highest BCUT2D eigenvalue weighted by Gasteiger charge is 2.55. The molecule has 0 aromatic heterocycles. The van der Waals surface area contributed by atoms with Crippen molar-refractivity contribution >= 4 is 23.0 Å². The predicted molar refractivity (Wildman–Crippen MR) is 94.8 cm³/mol. The van der Waals surface area contributed by atoms with Gasteiger partial charge in [-0.15, -0.1) is 0 Å². The third kappa shape index (κ3) is 2.21. The van der Waals surface area contributed by atoms with Gasteiger partial charge >= 0.3 is 0 Å². The average molecular weight is 400 g/mol. The minimum absolute atomic E-state index is 0.358. The van der Waals surface area contributed by atoms with Crippen molar-refractivity contribution in [1.29, 1.82) is 0 Å². The summed E-state index contributed by atoms with van der Waals surface area (Å²) in [6.45, 7) is 4.96. The van der Waals surface area contributed by atoms with Crippen LogP contribution in [0.1, 0.15) is 65.2 Å². The molecule has 0 amide bonds. The molecule has 0 bridgehead atoms. The van der Waals surface area contributed by atoms with E-state index in [0.717, 1.165) is 35.5 Å². The molecule has 0 aliphatic heterocycles.